The second kappa shape index (κ2) is 8.72. The smallest absolute Gasteiger partial charge is 0.228 e. The Morgan fingerprint density at radius 3 is 2.58 bits per heavy atom. The molecule has 0 aromatic heterocycles. The topological polar surface area (TPSA) is 50.8 Å². The van der Waals surface area contributed by atoms with E-state index in [1.807, 2.05) is 55.5 Å². The number of carbonyl (C=O) groups excluding carboxylic acids is 1. The van der Waals surface area contributed by atoms with Crippen molar-refractivity contribution in [3.63, 3.8) is 0 Å². The molecular formula is C21H26N2O3. The van der Waals surface area contributed by atoms with E-state index in [2.05, 4.69) is 17.1 Å². The van der Waals surface area contributed by atoms with Crippen molar-refractivity contribution in [3.05, 3.63) is 54.1 Å². The first-order chi connectivity index (χ1) is 12.6. The minimum Gasteiger partial charge on any atom is -0.494 e. The molecule has 138 valence electrons. The number of nitrogens with one attached hydrogen (secondary N) is 1. The summed E-state index contributed by atoms with van der Waals surface area (Å²) >= 11 is 0. The van der Waals surface area contributed by atoms with Crippen LogP contribution in [0.4, 0.5) is 11.4 Å². The average molecular weight is 354 g/mol. The fourth-order valence-electron chi connectivity index (χ4n) is 3.07. The minimum atomic E-state index is -0.0260. The Morgan fingerprint density at radius 1 is 1.19 bits per heavy atom. The molecule has 1 fully saturated rings. The summed E-state index contributed by atoms with van der Waals surface area (Å²) in [6.07, 6.45) is 0.590. The maximum atomic E-state index is 12.3. The van der Waals surface area contributed by atoms with Crippen LogP contribution < -0.4 is 15.0 Å². The monoisotopic (exact) mass is 354 g/mol. The second-order valence-electron chi connectivity index (χ2n) is 6.48. The number of hydrogen-bond acceptors (Lipinski definition) is 4. The van der Waals surface area contributed by atoms with Crippen LogP contribution in [0, 0.1) is 0 Å². The van der Waals surface area contributed by atoms with Gasteiger partial charge in [0.05, 0.1) is 25.7 Å². The lowest BCUT2D eigenvalue weighted by Gasteiger charge is -2.33. The summed E-state index contributed by atoms with van der Waals surface area (Å²) in [4.78, 5) is 14.6. The van der Waals surface area contributed by atoms with Crippen LogP contribution in [0.15, 0.2) is 48.5 Å². The molecule has 5 heteroatoms. The van der Waals surface area contributed by atoms with E-state index in [0.717, 1.165) is 42.4 Å². The number of morpholine rings is 1. The summed E-state index contributed by atoms with van der Waals surface area (Å²) in [6.45, 7) is 7.21. The Hall–Kier alpha value is -2.53. The van der Waals surface area contributed by atoms with E-state index in [4.69, 9.17) is 9.47 Å². The predicted molar refractivity (Wildman–Crippen MR) is 104 cm³/mol. The zero-order chi connectivity index (χ0) is 18.4. The van der Waals surface area contributed by atoms with Crippen LogP contribution in [0.5, 0.6) is 5.75 Å². The number of amides is 1. The van der Waals surface area contributed by atoms with Gasteiger partial charge in [-0.2, -0.15) is 0 Å². The molecule has 1 aliphatic rings. The van der Waals surface area contributed by atoms with Crippen LogP contribution in [0.2, 0.25) is 0 Å². The molecule has 0 aliphatic carbocycles. The van der Waals surface area contributed by atoms with Gasteiger partial charge in [-0.1, -0.05) is 12.1 Å². The number of carbonyl (C=O) groups is 1. The molecule has 5 nitrogen and oxygen atoms in total. The van der Waals surface area contributed by atoms with Gasteiger partial charge in [0.2, 0.25) is 5.91 Å². The molecule has 0 bridgehead atoms. The fourth-order valence-corrected chi connectivity index (χ4v) is 3.07. The number of nitrogens with zero attached hydrogens (tertiary/aromatic N) is 1. The van der Waals surface area contributed by atoms with E-state index >= 15 is 0 Å². The molecule has 1 N–H and O–H groups in total. The molecule has 0 radical (unpaired) electrons. The molecule has 1 saturated heterocycles. The molecule has 1 amide bonds. The number of benzene rings is 2. The fraction of sp³-hybridized carbons (Fsp3) is 0.381. The van der Waals surface area contributed by atoms with Crippen molar-refractivity contribution in [2.45, 2.75) is 26.4 Å². The van der Waals surface area contributed by atoms with Crippen molar-refractivity contribution < 1.29 is 14.3 Å². The maximum absolute atomic E-state index is 12.3. The van der Waals surface area contributed by atoms with Crippen molar-refractivity contribution in [1.82, 2.24) is 0 Å². The highest BCUT2D eigenvalue weighted by molar-refractivity contribution is 5.92. The summed E-state index contributed by atoms with van der Waals surface area (Å²) < 4.78 is 11.0. The normalized spacial score (nSPS) is 17.0. The SMILES string of the molecule is CCOc1ccc(CC(=O)Nc2ccc(N3CCOC(C)C3)cc2)cc1. The average Bonchev–Trinajstić information content (AvgIpc) is 2.64. The molecule has 0 saturated carbocycles. The summed E-state index contributed by atoms with van der Waals surface area (Å²) in [5, 5.41) is 2.96. The maximum Gasteiger partial charge on any atom is 0.228 e. The first kappa shape index (κ1) is 18.3. The lowest BCUT2D eigenvalue weighted by molar-refractivity contribution is -0.115. The van der Waals surface area contributed by atoms with Crippen molar-refractivity contribution in [2.24, 2.45) is 0 Å². The Morgan fingerprint density at radius 2 is 1.92 bits per heavy atom. The summed E-state index contributed by atoms with van der Waals surface area (Å²) in [6, 6.07) is 15.6. The van der Waals surface area contributed by atoms with Crippen LogP contribution in [-0.2, 0) is 16.0 Å². The Labute approximate surface area is 154 Å². The van der Waals surface area contributed by atoms with Gasteiger partial charge in [0.25, 0.3) is 0 Å². The highest BCUT2D eigenvalue weighted by Crippen LogP contribution is 2.21. The molecule has 2 aromatic carbocycles. The summed E-state index contributed by atoms with van der Waals surface area (Å²) in [7, 11) is 0. The number of hydrogen-bond donors (Lipinski definition) is 1. The number of ether oxygens (including phenoxy) is 2. The van der Waals surface area contributed by atoms with Crippen LogP contribution in [0.1, 0.15) is 19.4 Å². The van der Waals surface area contributed by atoms with Crippen LogP contribution in [-0.4, -0.2) is 38.3 Å². The molecule has 26 heavy (non-hydrogen) atoms. The lowest BCUT2D eigenvalue weighted by atomic mass is 10.1. The standard InChI is InChI=1S/C21H26N2O3/c1-3-25-20-10-4-17(5-11-20)14-21(24)22-18-6-8-19(9-7-18)23-12-13-26-16(2)15-23/h4-11,16H,3,12-15H2,1-2H3,(H,22,24). The quantitative estimate of drug-likeness (QED) is 0.863. The van der Waals surface area contributed by atoms with Gasteiger partial charge in [-0.05, 0) is 55.8 Å². The first-order valence-corrected chi connectivity index (χ1v) is 9.12. The molecule has 1 atom stereocenters. The zero-order valence-corrected chi connectivity index (χ0v) is 15.4. The van der Waals surface area contributed by atoms with E-state index in [0.29, 0.717) is 13.0 Å². The van der Waals surface area contributed by atoms with E-state index < -0.39 is 0 Å². The van der Waals surface area contributed by atoms with Crippen molar-refractivity contribution in [3.8, 4) is 5.75 Å². The van der Waals surface area contributed by atoms with Crippen molar-refractivity contribution >= 4 is 17.3 Å². The third kappa shape index (κ3) is 4.99. The summed E-state index contributed by atoms with van der Waals surface area (Å²) in [5.41, 5.74) is 2.93. The summed E-state index contributed by atoms with van der Waals surface area (Å²) in [5.74, 6) is 0.798. The van der Waals surface area contributed by atoms with E-state index in [-0.39, 0.29) is 12.0 Å². The third-order valence-corrected chi connectivity index (χ3v) is 4.36. The van der Waals surface area contributed by atoms with Gasteiger partial charge < -0.3 is 19.7 Å². The predicted octanol–water partition coefficient (Wildman–Crippen LogP) is 3.49. The van der Waals surface area contributed by atoms with Gasteiger partial charge in [0.15, 0.2) is 0 Å². The van der Waals surface area contributed by atoms with Gasteiger partial charge in [0, 0.05) is 24.5 Å². The number of anilines is 2. The van der Waals surface area contributed by atoms with Crippen LogP contribution in [0.25, 0.3) is 0 Å². The first-order valence-electron chi connectivity index (χ1n) is 9.12. The van der Waals surface area contributed by atoms with Crippen LogP contribution in [0.3, 0.4) is 0 Å². The van der Waals surface area contributed by atoms with Crippen molar-refractivity contribution in [1.29, 1.82) is 0 Å². The van der Waals surface area contributed by atoms with E-state index in [9.17, 15) is 4.79 Å². The zero-order valence-electron chi connectivity index (χ0n) is 15.4. The van der Waals surface area contributed by atoms with Crippen LogP contribution >= 0.6 is 0 Å². The van der Waals surface area contributed by atoms with E-state index in [1.54, 1.807) is 0 Å². The van der Waals surface area contributed by atoms with Gasteiger partial charge in [-0.15, -0.1) is 0 Å². The van der Waals surface area contributed by atoms with Gasteiger partial charge in [-0.3, -0.25) is 4.79 Å². The minimum absolute atomic E-state index is 0.0260. The highest BCUT2D eigenvalue weighted by Gasteiger charge is 2.16. The lowest BCUT2D eigenvalue weighted by Crippen LogP contribution is -2.41. The van der Waals surface area contributed by atoms with Gasteiger partial charge in [-0.25, -0.2) is 0 Å². The Kier molecular flexibility index (Phi) is 6.12. The largest absolute Gasteiger partial charge is 0.494 e. The van der Waals surface area contributed by atoms with Gasteiger partial charge >= 0.3 is 0 Å². The molecule has 1 heterocycles. The molecule has 3 rings (SSSR count). The Balaban J connectivity index is 1.54. The molecular weight excluding hydrogens is 328 g/mol. The third-order valence-electron chi connectivity index (χ3n) is 4.36. The van der Waals surface area contributed by atoms with E-state index in [1.165, 1.54) is 0 Å². The van der Waals surface area contributed by atoms with Gasteiger partial charge in [0.1, 0.15) is 5.75 Å². The van der Waals surface area contributed by atoms with Crippen molar-refractivity contribution in [2.75, 3.05) is 36.5 Å². The molecule has 2 aromatic rings. The molecule has 1 aliphatic heterocycles. The molecule has 0 spiro atoms. The molecule has 1 unspecified atom stereocenters. The number of rotatable bonds is 6. The Bertz CT molecular complexity index is 713. The second-order valence-corrected chi connectivity index (χ2v) is 6.48. The highest BCUT2D eigenvalue weighted by atomic mass is 16.5.